The molecule has 0 bridgehead atoms. The van der Waals surface area contributed by atoms with Gasteiger partial charge in [0.1, 0.15) is 35.4 Å². The van der Waals surface area contributed by atoms with Crippen LogP contribution in [0.15, 0.2) is 53.7 Å². The number of ether oxygens (including phenoxy) is 1. The Labute approximate surface area is 161 Å². The van der Waals surface area contributed by atoms with Crippen LogP contribution in [0.25, 0.3) is 0 Å². The van der Waals surface area contributed by atoms with Crippen molar-refractivity contribution in [1.82, 2.24) is 0 Å². The number of anilines is 1. The van der Waals surface area contributed by atoms with Crippen molar-refractivity contribution < 1.29 is 22.8 Å². The van der Waals surface area contributed by atoms with Gasteiger partial charge in [-0.1, -0.05) is 6.07 Å². The number of nitriles is 3. The molecule has 0 aliphatic heterocycles. The minimum absolute atomic E-state index is 0.0827. The number of nitrogens with zero attached hydrogens (tertiary/aromatic N) is 4. The third kappa shape index (κ3) is 5.22. The highest BCUT2D eigenvalue weighted by Crippen LogP contribution is 2.34. The average molecular weight is 399 g/mol. The predicted octanol–water partition coefficient (Wildman–Crippen LogP) is 4.64. The van der Waals surface area contributed by atoms with Crippen molar-refractivity contribution in [2.24, 2.45) is 0 Å². The van der Waals surface area contributed by atoms with E-state index in [4.69, 9.17) is 20.5 Å². The number of hydrogen-bond donors (Lipinski definition) is 1. The Balaban J connectivity index is 2.46. The van der Waals surface area contributed by atoms with Gasteiger partial charge in [-0.05, 0) is 18.2 Å². The molecule has 2 rings (SSSR count). The lowest BCUT2D eigenvalue weighted by Crippen LogP contribution is -2.04. The van der Waals surface area contributed by atoms with E-state index in [1.165, 1.54) is 18.2 Å². The van der Waals surface area contributed by atoms with E-state index < -0.39 is 33.6 Å². The molecule has 0 spiro atoms. The lowest BCUT2D eigenvalue weighted by molar-refractivity contribution is -0.384. The van der Waals surface area contributed by atoms with Gasteiger partial charge in [0.25, 0.3) is 5.69 Å². The SMILES string of the molecule is N#CC(C#N)=C(C#N)Nc1cc(Oc2cccc(C(F)(F)F)c2)cc([N+](=O)[O-])c1. The van der Waals surface area contributed by atoms with Gasteiger partial charge in [0, 0.05) is 17.8 Å². The summed E-state index contributed by atoms with van der Waals surface area (Å²) in [5, 5.41) is 40.3. The molecule has 2 aromatic rings. The molecular weight excluding hydrogens is 391 g/mol. The number of allylic oxidation sites excluding steroid dienone is 2. The minimum atomic E-state index is -4.60. The average Bonchev–Trinajstić information content (AvgIpc) is 2.67. The van der Waals surface area contributed by atoms with Gasteiger partial charge in [0.15, 0.2) is 5.57 Å². The zero-order valence-corrected chi connectivity index (χ0v) is 14.2. The van der Waals surface area contributed by atoms with Crippen molar-refractivity contribution in [1.29, 1.82) is 15.8 Å². The minimum Gasteiger partial charge on any atom is -0.457 e. The van der Waals surface area contributed by atoms with Crippen LogP contribution < -0.4 is 10.1 Å². The topological polar surface area (TPSA) is 136 Å². The highest BCUT2D eigenvalue weighted by molar-refractivity contribution is 5.63. The first-order valence-corrected chi connectivity index (χ1v) is 7.54. The number of nitro benzene ring substituents is 1. The van der Waals surface area contributed by atoms with E-state index in [1.807, 2.05) is 0 Å². The molecule has 0 heterocycles. The molecule has 0 unspecified atom stereocenters. The summed E-state index contributed by atoms with van der Waals surface area (Å²) in [7, 11) is 0. The van der Waals surface area contributed by atoms with Crippen LogP contribution in [0.5, 0.6) is 11.5 Å². The number of nitro groups is 1. The second-order valence-electron chi connectivity index (χ2n) is 5.31. The Hall–Kier alpha value is -4.56. The van der Waals surface area contributed by atoms with Crippen molar-refractivity contribution >= 4 is 11.4 Å². The molecule has 144 valence electrons. The first-order valence-electron chi connectivity index (χ1n) is 7.54. The van der Waals surface area contributed by atoms with Gasteiger partial charge in [-0.25, -0.2) is 0 Å². The summed E-state index contributed by atoms with van der Waals surface area (Å²) < 4.78 is 43.8. The first-order chi connectivity index (χ1) is 13.7. The Morgan fingerprint density at radius 3 is 2.28 bits per heavy atom. The summed E-state index contributed by atoms with van der Waals surface area (Å²) in [6.45, 7) is 0. The number of halogens is 3. The van der Waals surface area contributed by atoms with Gasteiger partial charge in [0.05, 0.1) is 16.6 Å². The van der Waals surface area contributed by atoms with E-state index in [0.717, 1.165) is 36.4 Å². The second kappa shape index (κ2) is 8.42. The number of benzene rings is 2. The number of nitrogens with one attached hydrogen (secondary N) is 1. The normalized spacial score (nSPS) is 10.1. The summed E-state index contributed by atoms with van der Waals surface area (Å²) in [6.07, 6.45) is -4.60. The summed E-state index contributed by atoms with van der Waals surface area (Å²) >= 11 is 0. The van der Waals surface area contributed by atoms with Crippen molar-refractivity contribution in [2.75, 3.05) is 5.32 Å². The van der Waals surface area contributed by atoms with E-state index in [0.29, 0.717) is 0 Å². The third-order valence-electron chi connectivity index (χ3n) is 3.35. The molecular formula is C18H8F3N5O3. The van der Waals surface area contributed by atoms with Crippen LogP contribution in [-0.2, 0) is 6.18 Å². The highest BCUT2D eigenvalue weighted by atomic mass is 19.4. The van der Waals surface area contributed by atoms with Crippen molar-refractivity contribution in [3.63, 3.8) is 0 Å². The quantitative estimate of drug-likeness (QED) is 0.439. The third-order valence-corrected chi connectivity index (χ3v) is 3.35. The van der Waals surface area contributed by atoms with E-state index in [-0.39, 0.29) is 17.2 Å². The molecule has 0 aliphatic rings. The van der Waals surface area contributed by atoms with Crippen LogP contribution in [-0.4, -0.2) is 4.92 Å². The lowest BCUT2D eigenvalue weighted by atomic mass is 10.2. The summed E-state index contributed by atoms with van der Waals surface area (Å²) in [5.41, 5.74) is -2.56. The molecule has 0 saturated carbocycles. The van der Waals surface area contributed by atoms with Gasteiger partial charge in [0.2, 0.25) is 0 Å². The smallest absolute Gasteiger partial charge is 0.416 e. The number of hydrogen-bond acceptors (Lipinski definition) is 7. The molecule has 0 aliphatic carbocycles. The van der Waals surface area contributed by atoms with Crippen LogP contribution in [0.3, 0.4) is 0 Å². The largest absolute Gasteiger partial charge is 0.457 e. The molecule has 0 radical (unpaired) electrons. The van der Waals surface area contributed by atoms with Crippen molar-refractivity contribution in [3.8, 4) is 29.7 Å². The van der Waals surface area contributed by atoms with E-state index in [2.05, 4.69) is 5.32 Å². The Kier molecular flexibility index (Phi) is 6.02. The van der Waals surface area contributed by atoms with E-state index in [9.17, 15) is 23.3 Å². The first kappa shape index (κ1) is 20.7. The second-order valence-corrected chi connectivity index (χ2v) is 5.31. The van der Waals surface area contributed by atoms with Gasteiger partial charge in [-0.3, -0.25) is 10.1 Å². The fraction of sp³-hybridized carbons (Fsp3) is 0.0556. The number of rotatable bonds is 5. The number of alkyl halides is 3. The zero-order valence-electron chi connectivity index (χ0n) is 14.2. The van der Waals surface area contributed by atoms with Crippen LogP contribution in [0, 0.1) is 44.1 Å². The van der Waals surface area contributed by atoms with Gasteiger partial charge < -0.3 is 10.1 Å². The fourth-order valence-corrected chi connectivity index (χ4v) is 2.12. The van der Waals surface area contributed by atoms with Gasteiger partial charge in [-0.15, -0.1) is 0 Å². The molecule has 8 nitrogen and oxygen atoms in total. The highest BCUT2D eigenvalue weighted by Gasteiger charge is 2.30. The maximum Gasteiger partial charge on any atom is 0.416 e. The van der Waals surface area contributed by atoms with Crippen LogP contribution in [0.1, 0.15) is 5.56 Å². The monoisotopic (exact) mass is 399 g/mol. The molecule has 0 saturated heterocycles. The molecule has 0 atom stereocenters. The van der Waals surface area contributed by atoms with Crippen LogP contribution >= 0.6 is 0 Å². The molecule has 0 aromatic heterocycles. The summed E-state index contributed by atoms with van der Waals surface area (Å²) in [6, 6.07) is 11.6. The molecule has 0 fully saturated rings. The Morgan fingerprint density at radius 2 is 1.72 bits per heavy atom. The van der Waals surface area contributed by atoms with Gasteiger partial charge >= 0.3 is 6.18 Å². The van der Waals surface area contributed by atoms with E-state index >= 15 is 0 Å². The maximum absolute atomic E-state index is 12.8. The predicted molar refractivity (Wildman–Crippen MR) is 92.1 cm³/mol. The summed E-state index contributed by atoms with van der Waals surface area (Å²) in [5.74, 6) is -0.425. The molecule has 11 heteroatoms. The Morgan fingerprint density at radius 1 is 1.03 bits per heavy atom. The van der Waals surface area contributed by atoms with Gasteiger partial charge in [-0.2, -0.15) is 29.0 Å². The summed E-state index contributed by atoms with van der Waals surface area (Å²) in [4.78, 5) is 10.4. The molecule has 0 amide bonds. The number of non-ortho nitro benzene ring substituents is 1. The van der Waals surface area contributed by atoms with Crippen molar-refractivity contribution in [2.45, 2.75) is 6.18 Å². The molecule has 1 N–H and O–H groups in total. The van der Waals surface area contributed by atoms with Crippen molar-refractivity contribution in [3.05, 3.63) is 69.4 Å². The zero-order chi connectivity index (χ0) is 21.6. The fourth-order valence-electron chi connectivity index (χ4n) is 2.12. The lowest BCUT2D eigenvalue weighted by Gasteiger charge is -2.11. The van der Waals surface area contributed by atoms with E-state index in [1.54, 1.807) is 6.07 Å². The van der Waals surface area contributed by atoms with Crippen LogP contribution in [0.4, 0.5) is 24.5 Å². The molecule has 2 aromatic carbocycles. The molecule has 29 heavy (non-hydrogen) atoms. The standard InChI is InChI=1S/C18H8F3N5O3/c19-18(20,21)12-2-1-3-15(4-12)29-16-6-13(5-14(7-16)26(27)28)25-17(10-24)11(8-22)9-23/h1-7,25H. The maximum atomic E-state index is 12.8. The Bertz CT molecular complexity index is 1110. The van der Waals surface area contributed by atoms with Crippen LogP contribution in [0.2, 0.25) is 0 Å².